The van der Waals surface area contributed by atoms with Gasteiger partial charge in [0.1, 0.15) is 11.8 Å². The van der Waals surface area contributed by atoms with Crippen molar-refractivity contribution in [3.63, 3.8) is 0 Å². The molecule has 0 saturated heterocycles. The summed E-state index contributed by atoms with van der Waals surface area (Å²) in [6.45, 7) is 0. The number of hydrogen-bond acceptors (Lipinski definition) is 2. The third-order valence-electron chi connectivity index (χ3n) is 1.88. The Morgan fingerprint density at radius 1 is 1.38 bits per heavy atom. The Morgan fingerprint density at radius 3 is 2.38 bits per heavy atom. The van der Waals surface area contributed by atoms with Gasteiger partial charge in [0.05, 0.1) is 7.11 Å². The van der Waals surface area contributed by atoms with Crippen LogP contribution in [0, 0.1) is 0 Å². The van der Waals surface area contributed by atoms with Crippen molar-refractivity contribution in [2.45, 2.75) is 12.2 Å². The maximum absolute atomic E-state index is 12.4. The fraction of sp³-hybridized carbons (Fsp3) is 0.333. The molecule has 0 saturated carbocycles. The zero-order chi connectivity index (χ0) is 11.6. The van der Waals surface area contributed by atoms with Gasteiger partial charge < -0.3 is 10.5 Å². The van der Waals surface area contributed by atoms with Crippen molar-refractivity contribution < 1.29 is 17.9 Å². The number of rotatable bonds is 2. The normalized spacial score (nSPS) is 12.9. The van der Waals surface area contributed by atoms with Gasteiger partial charge in [-0.2, -0.15) is 13.2 Å². The highest BCUT2D eigenvalue weighted by Crippen LogP contribution is 2.36. The Kier molecular flexibility index (Phi) is 5.38. The maximum Gasteiger partial charge on any atom is 0.407 e. The molecule has 0 fully saturated rings. The molecule has 0 amide bonds. The van der Waals surface area contributed by atoms with E-state index in [0.717, 1.165) is 6.07 Å². The van der Waals surface area contributed by atoms with Gasteiger partial charge in [-0.05, 0) is 18.2 Å². The molecule has 2 N–H and O–H groups in total. The Labute approximate surface area is 102 Å². The molecule has 1 aromatic carbocycles. The summed E-state index contributed by atoms with van der Waals surface area (Å²) in [6.07, 6.45) is -4.52. The van der Waals surface area contributed by atoms with Crippen LogP contribution in [0.5, 0.6) is 5.75 Å². The third kappa shape index (κ3) is 3.43. The lowest BCUT2D eigenvalue weighted by Crippen LogP contribution is -2.28. The fourth-order valence-electron chi connectivity index (χ4n) is 1.12. The van der Waals surface area contributed by atoms with E-state index in [2.05, 4.69) is 0 Å². The van der Waals surface area contributed by atoms with Gasteiger partial charge in [0.25, 0.3) is 0 Å². The third-order valence-corrected chi connectivity index (χ3v) is 2.11. The molecule has 1 aromatic rings. The highest BCUT2D eigenvalue weighted by Gasteiger charge is 2.39. The standard InChI is InChI=1S/C9H9ClF3NO.ClH/c1-15-7-3-2-5(10)4-6(7)8(14)9(11,12)13;/h2-4,8H,14H2,1H3;1H/t8-;/m0./s1. The molecule has 0 aliphatic rings. The van der Waals surface area contributed by atoms with E-state index in [1.807, 2.05) is 0 Å². The topological polar surface area (TPSA) is 35.2 Å². The molecule has 7 heteroatoms. The molecule has 0 spiro atoms. The molecule has 0 bridgehead atoms. The van der Waals surface area contributed by atoms with Crippen molar-refractivity contribution >= 4 is 24.0 Å². The molecular formula is C9H10Cl2F3NO. The maximum atomic E-state index is 12.4. The van der Waals surface area contributed by atoms with Crippen molar-refractivity contribution in [1.82, 2.24) is 0 Å². The molecule has 1 atom stereocenters. The van der Waals surface area contributed by atoms with E-state index in [9.17, 15) is 13.2 Å². The number of halogens is 5. The summed E-state index contributed by atoms with van der Waals surface area (Å²) in [5.41, 5.74) is 4.88. The second kappa shape index (κ2) is 5.61. The average molecular weight is 276 g/mol. The number of alkyl halides is 3. The Morgan fingerprint density at radius 2 is 1.94 bits per heavy atom. The molecule has 0 unspecified atom stereocenters. The minimum absolute atomic E-state index is 0. The molecule has 0 aromatic heterocycles. The summed E-state index contributed by atoms with van der Waals surface area (Å²) in [4.78, 5) is 0. The van der Waals surface area contributed by atoms with Crippen LogP contribution in [-0.2, 0) is 0 Å². The van der Waals surface area contributed by atoms with Crippen LogP contribution in [0.2, 0.25) is 5.02 Å². The van der Waals surface area contributed by atoms with Gasteiger partial charge >= 0.3 is 6.18 Å². The molecule has 0 aliphatic carbocycles. The van der Waals surface area contributed by atoms with Crippen LogP contribution in [0.25, 0.3) is 0 Å². The molecule has 0 radical (unpaired) electrons. The largest absolute Gasteiger partial charge is 0.496 e. The van der Waals surface area contributed by atoms with Crippen molar-refractivity contribution in [1.29, 1.82) is 0 Å². The monoisotopic (exact) mass is 275 g/mol. The summed E-state index contributed by atoms with van der Waals surface area (Å²) in [6, 6.07) is 1.85. The second-order valence-corrected chi connectivity index (χ2v) is 3.34. The molecule has 16 heavy (non-hydrogen) atoms. The highest BCUT2D eigenvalue weighted by atomic mass is 35.5. The van der Waals surface area contributed by atoms with Crippen molar-refractivity contribution in [2.24, 2.45) is 5.73 Å². The van der Waals surface area contributed by atoms with E-state index in [-0.39, 0.29) is 28.7 Å². The van der Waals surface area contributed by atoms with Crippen LogP contribution in [0.15, 0.2) is 18.2 Å². The number of hydrogen-bond donors (Lipinski definition) is 1. The van der Waals surface area contributed by atoms with Crippen LogP contribution < -0.4 is 10.5 Å². The number of nitrogens with two attached hydrogens (primary N) is 1. The Bertz CT molecular complexity index is 357. The lowest BCUT2D eigenvalue weighted by molar-refractivity contribution is -0.149. The molecule has 2 nitrogen and oxygen atoms in total. The first kappa shape index (κ1) is 15.3. The predicted octanol–water partition coefficient (Wildman–Crippen LogP) is 3.33. The van der Waals surface area contributed by atoms with Gasteiger partial charge in [0.15, 0.2) is 0 Å². The first-order chi connectivity index (χ1) is 6.86. The molecule has 0 heterocycles. The van der Waals surface area contributed by atoms with Crippen LogP contribution in [0.3, 0.4) is 0 Å². The van der Waals surface area contributed by atoms with Gasteiger partial charge in [-0.1, -0.05) is 11.6 Å². The van der Waals surface area contributed by atoms with E-state index in [1.54, 1.807) is 0 Å². The van der Waals surface area contributed by atoms with E-state index in [4.69, 9.17) is 22.1 Å². The number of methoxy groups -OCH3 is 1. The van der Waals surface area contributed by atoms with Gasteiger partial charge in [0.2, 0.25) is 0 Å². The van der Waals surface area contributed by atoms with E-state index in [0.29, 0.717) is 0 Å². The van der Waals surface area contributed by atoms with Crippen LogP contribution in [0.1, 0.15) is 11.6 Å². The molecule has 1 rings (SSSR count). The molecule has 92 valence electrons. The highest BCUT2D eigenvalue weighted by molar-refractivity contribution is 6.30. The minimum Gasteiger partial charge on any atom is -0.496 e. The van der Waals surface area contributed by atoms with Crippen LogP contribution >= 0.6 is 24.0 Å². The predicted molar refractivity (Wildman–Crippen MR) is 58.2 cm³/mol. The van der Waals surface area contributed by atoms with Gasteiger partial charge in [-0.15, -0.1) is 12.4 Å². The fourth-order valence-corrected chi connectivity index (χ4v) is 1.31. The van der Waals surface area contributed by atoms with Gasteiger partial charge in [0, 0.05) is 10.6 Å². The smallest absolute Gasteiger partial charge is 0.407 e. The SMILES string of the molecule is COc1ccc(Cl)cc1[C@H](N)C(F)(F)F.Cl. The summed E-state index contributed by atoms with van der Waals surface area (Å²) >= 11 is 5.59. The Balaban J connectivity index is 0.00000225. The summed E-state index contributed by atoms with van der Waals surface area (Å²) in [5, 5.41) is 0.186. The lowest BCUT2D eigenvalue weighted by Gasteiger charge is -2.18. The molecule has 0 aliphatic heterocycles. The first-order valence-electron chi connectivity index (χ1n) is 4.02. The number of ether oxygens (including phenoxy) is 1. The zero-order valence-electron chi connectivity index (χ0n) is 8.22. The van der Waals surface area contributed by atoms with Crippen molar-refractivity contribution in [2.75, 3.05) is 7.11 Å². The van der Waals surface area contributed by atoms with Crippen molar-refractivity contribution in [3.05, 3.63) is 28.8 Å². The summed E-state index contributed by atoms with van der Waals surface area (Å²) < 4.78 is 41.9. The van der Waals surface area contributed by atoms with E-state index in [1.165, 1.54) is 19.2 Å². The van der Waals surface area contributed by atoms with Crippen LogP contribution in [0.4, 0.5) is 13.2 Å². The summed E-state index contributed by atoms with van der Waals surface area (Å²) in [7, 11) is 1.27. The second-order valence-electron chi connectivity index (χ2n) is 2.91. The van der Waals surface area contributed by atoms with E-state index < -0.39 is 12.2 Å². The quantitative estimate of drug-likeness (QED) is 0.899. The van der Waals surface area contributed by atoms with E-state index >= 15 is 0 Å². The lowest BCUT2D eigenvalue weighted by atomic mass is 10.1. The van der Waals surface area contributed by atoms with Gasteiger partial charge in [-0.3, -0.25) is 0 Å². The van der Waals surface area contributed by atoms with Gasteiger partial charge in [-0.25, -0.2) is 0 Å². The molecular weight excluding hydrogens is 266 g/mol. The first-order valence-corrected chi connectivity index (χ1v) is 4.39. The summed E-state index contributed by atoms with van der Waals surface area (Å²) in [5.74, 6) is 0.0734. The zero-order valence-corrected chi connectivity index (χ0v) is 9.79. The number of benzene rings is 1. The van der Waals surface area contributed by atoms with Crippen molar-refractivity contribution in [3.8, 4) is 5.75 Å². The minimum atomic E-state index is -4.52. The average Bonchev–Trinajstić information content (AvgIpc) is 2.15. The van der Waals surface area contributed by atoms with Crippen LogP contribution in [-0.4, -0.2) is 13.3 Å². The Hall–Kier alpha value is -0.650.